The quantitative estimate of drug-likeness (QED) is 0.678. The van der Waals surface area contributed by atoms with Crippen LogP contribution in [0.1, 0.15) is 36.8 Å². The van der Waals surface area contributed by atoms with E-state index in [0.29, 0.717) is 6.61 Å². The fourth-order valence-electron chi connectivity index (χ4n) is 4.04. The summed E-state index contributed by atoms with van der Waals surface area (Å²) in [6, 6.07) is 23.0. The van der Waals surface area contributed by atoms with Crippen molar-refractivity contribution in [1.29, 1.82) is 0 Å². The molecule has 1 aliphatic carbocycles. The molecule has 0 aliphatic heterocycles. The molecule has 4 rings (SSSR count). The molecule has 0 saturated heterocycles. The van der Waals surface area contributed by atoms with Crippen LogP contribution in [0.5, 0.6) is 5.75 Å². The van der Waals surface area contributed by atoms with Gasteiger partial charge in [-0.05, 0) is 65.8 Å². The zero-order chi connectivity index (χ0) is 18.7. The second-order valence-electron chi connectivity index (χ2n) is 7.43. The molecule has 1 fully saturated rings. The van der Waals surface area contributed by atoms with Gasteiger partial charge in [0.2, 0.25) is 0 Å². The molecule has 0 atom stereocenters. The summed E-state index contributed by atoms with van der Waals surface area (Å²) in [4.78, 5) is 0. The largest absolute Gasteiger partial charge is 0.489 e. The number of methoxy groups -OCH3 is 1. The fraction of sp³-hybridized carbons (Fsp3) is 0.333. The lowest BCUT2D eigenvalue weighted by Gasteiger charge is -2.38. The van der Waals surface area contributed by atoms with Gasteiger partial charge in [-0.3, -0.25) is 0 Å². The topological polar surface area (TPSA) is 38.7 Å². The van der Waals surface area contributed by atoms with Crippen LogP contribution in [0.3, 0.4) is 0 Å². The summed E-state index contributed by atoms with van der Waals surface area (Å²) in [6.07, 6.45) is 3.00. The number of aliphatic hydroxyl groups excluding tert-OH is 1. The molecular formula is C24H26O3. The van der Waals surface area contributed by atoms with E-state index in [0.717, 1.165) is 42.6 Å². The maximum absolute atomic E-state index is 9.84. The number of aliphatic hydroxyl groups is 1. The zero-order valence-electron chi connectivity index (χ0n) is 15.7. The van der Waals surface area contributed by atoms with Crippen molar-refractivity contribution in [1.82, 2.24) is 0 Å². The van der Waals surface area contributed by atoms with Crippen molar-refractivity contribution in [3.05, 3.63) is 77.9 Å². The SMILES string of the molecule is COC1(c2cccc(OCc3ccc4ccccc4c3)c2)CCC(O)CC1. The van der Waals surface area contributed by atoms with Crippen molar-refractivity contribution in [3.8, 4) is 5.75 Å². The molecule has 27 heavy (non-hydrogen) atoms. The molecule has 3 nitrogen and oxygen atoms in total. The summed E-state index contributed by atoms with van der Waals surface area (Å²) in [7, 11) is 1.76. The Balaban J connectivity index is 1.50. The average Bonchev–Trinajstić information content (AvgIpc) is 2.73. The lowest BCUT2D eigenvalue weighted by molar-refractivity contribution is -0.0690. The lowest BCUT2D eigenvalue weighted by Crippen LogP contribution is -2.35. The number of fused-ring (bicyclic) bond motifs is 1. The Morgan fingerprint density at radius 1 is 0.926 bits per heavy atom. The van der Waals surface area contributed by atoms with Crippen molar-refractivity contribution in [2.24, 2.45) is 0 Å². The van der Waals surface area contributed by atoms with Gasteiger partial charge in [-0.1, -0.05) is 48.5 Å². The first-order chi connectivity index (χ1) is 13.2. The van der Waals surface area contributed by atoms with Gasteiger partial charge >= 0.3 is 0 Å². The fourth-order valence-corrected chi connectivity index (χ4v) is 4.04. The van der Waals surface area contributed by atoms with Gasteiger partial charge in [-0.15, -0.1) is 0 Å². The van der Waals surface area contributed by atoms with Gasteiger partial charge in [0.05, 0.1) is 11.7 Å². The van der Waals surface area contributed by atoms with Crippen molar-refractivity contribution in [2.45, 2.75) is 44.0 Å². The van der Waals surface area contributed by atoms with Gasteiger partial charge in [0.15, 0.2) is 0 Å². The number of rotatable bonds is 5. The van der Waals surface area contributed by atoms with Gasteiger partial charge in [0, 0.05) is 7.11 Å². The van der Waals surface area contributed by atoms with Gasteiger partial charge < -0.3 is 14.6 Å². The molecule has 0 bridgehead atoms. The third-order valence-electron chi connectivity index (χ3n) is 5.73. The first kappa shape index (κ1) is 18.0. The summed E-state index contributed by atoms with van der Waals surface area (Å²) < 4.78 is 12.0. The predicted octanol–water partition coefficient (Wildman–Crippen LogP) is 5.20. The minimum atomic E-state index is -0.318. The Kier molecular flexibility index (Phi) is 5.15. The van der Waals surface area contributed by atoms with Crippen LogP contribution in [0.15, 0.2) is 66.7 Å². The zero-order valence-corrected chi connectivity index (χ0v) is 15.7. The van der Waals surface area contributed by atoms with Crippen molar-refractivity contribution in [3.63, 3.8) is 0 Å². The molecule has 0 amide bonds. The van der Waals surface area contributed by atoms with E-state index >= 15 is 0 Å². The van der Waals surface area contributed by atoms with E-state index < -0.39 is 0 Å². The minimum Gasteiger partial charge on any atom is -0.489 e. The maximum Gasteiger partial charge on any atom is 0.120 e. The summed E-state index contributed by atoms with van der Waals surface area (Å²) in [5, 5.41) is 12.3. The second kappa shape index (κ2) is 7.71. The van der Waals surface area contributed by atoms with E-state index in [1.807, 2.05) is 12.1 Å². The third-order valence-corrected chi connectivity index (χ3v) is 5.73. The molecule has 3 aromatic rings. The van der Waals surface area contributed by atoms with Crippen LogP contribution in [0, 0.1) is 0 Å². The smallest absolute Gasteiger partial charge is 0.120 e. The van der Waals surface area contributed by atoms with E-state index in [9.17, 15) is 5.11 Å². The van der Waals surface area contributed by atoms with E-state index in [-0.39, 0.29) is 11.7 Å². The molecule has 0 spiro atoms. The molecule has 0 unspecified atom stereocenters. The van der Waals surface area contributed by atoms with Crippen LogP contribution in [0.2, 0.25) is 0 Å². The van der Waals surface area contributed by atoms with Crippen LogP contribution in [-0.4, -0.2) is 18.3 Å². The van der Waals surface area contributed by atoms with Crippen LogP contribution in [-0.2, 0) is 16.9 Å². The molecule has 0 heterocycles. The Morgan fingerprint density at radius 2 is 1.70 bits per heavy atom. The van der Waals surface area contributed by atoms with E-state index in [1.54, 1.807) is 7.11 Å². The average molecular weight is 362 g/mol. The third kappa shape index (κ3) is 3.85. The molecule has 1 saturated carbocycles. The first-order valence-electron chi connectivity index (χ1n) is 9.63. The first-order valence-corrected chi connectivity index (χ1v) is 9.63. The van der Waals surface area contributed by atoms with Crippen molar-refractivity contribution in [2.75, 3.05) is 7.11 Å². The maximum atomic E-state index is 9.84. The Bertz CT molecular complexity index is 910. The van der Waals surface area contributed by atoms with Crippen LogP contribution in [0.4, 0.5) is 0 Å². The summed E-state index contributed by atoms with van der Waals surface area (Å²) in [6.45, 7) is 0.535. The Hall–Kier alpha value is -2.36. The molecule has 3 aromatic carbocycles. The van der Waals surface area contributed by atoms with Gasteiger partial charge in [-0.25, -0.2) is 0 Å². The Labute approximate surface area is 160 Å². The van der Waals surface area contributed by atoms with Gasteiger partial charge in [0.1, 0.15) is 12.4 Å². The standard InChI is InChI=1S/C24H26O3/c1-26-24(13-11-22(25)12-14-24)21-7-4-8-23(16-21)27-17-18-9-10-19-5-2-3-6-20(19)15-18/h2-10,15-16,22,25H,11-14,17H2,1H3. The highest BCUT2D eigenvalue weighted by Crippen LogP contribution is 2.41. The molecule has 0 aromatic heterocycles. The minimum absolute atomic E-state index is 0.208. The molecule has 1 N–H and O–H groups in total. The molecule has 140 valence electrons. The highest BCUT2D eigenvalue weighted by Gasteiger charge is 2.36. The summed E-state index contributed by atoms with van der Waals surface area (Å²) in [5.41, 5.74) is 1.97. The number of benzene rings is 3. The number of ether oxygens (including phenoxy) is 2. The Morgan fingerprint density at radius 3 is 2.48 bits per heavy atom. The highest BCUT2D eigenvalue weighted by atomic mass is 16.5. The van der Waals surface area contributed by atoms with Gasteiger partial charge in [0.25, 0.3) is 0 Å². The van der Waals surface area contributed by atoms with E-state index in [4.69, 9.17) is 9.47 Å². The highest BCUT2D eigenvalue weighted by molar-refractivity contribution is 5.82. The second-order valence-corrected chi connectivity index (χ2v) is 7.43. The van der Waals surface area contributed by atoms with Gasteiger partial charge in [-0.2, -0.15) is 0 Å². The lowest BCUT2D eigenvalue weighted by atomic mass is 9.78. The van der Waals surface area contributed by atoms with Crippen molar-refractivity contribution < 1.29 is 14.6 Å². The summed E-state index contributed by atoms with van der Waals surface area (Å²) in [5.74, 6) is 0.850. The number of hydrogen-bond donors (Lipinski definition) is 1. The van der Waals surface area contributed by atoms with Crippen LogP contribution >= 0.6 is 0 Å². The normalized spacial score (nSPS) is 22.7. The monoisotopic (exact) mass is 362 g/mol. The molecular weight excluding hydrogens is 336 g/mol. The number of hydrogen-bond acceptors (Lipinski definition) is 3. The molecule has 0 radical (unpaired) electrons. The molecule has 3 heteroatoms. The van der Waals surface area contributed by atoms with Crippen molar-refractivity contribution >= 4 is 10.8 Å². The van der Waals surface area contributed by atoms with E-state index in [2.05, 4.69) is 54.6 Å². The molecule has 1 aliphatic rings. The van der Waals surface area contributed by atoms with Crippen LogP contribution in [0.25, 0.3) is 10.8 Å². The van der Waals surface area contributed by atoms with E-state index in [1.165, 1.54) is 10.8 Å². The summed E-state index contributed by atoms with van der Waals surface area (Å²) >= 11 is 0. The van der Waals surface area contributed by atoms with Crippen LogP contribution < -0.4 is 4.74 Å². The predicted molar refractivity (Wildman–Crippen MR) is 108 cm³/mol.